The molecule has 1 aromatic heterocycles. The highest BCUT2D eigenvalue weighted by Crippen LogP contribution is 2.18. The zero-order valence-corrected chi connectivity index (χ0v) is 11.7. The molecule has 0 bridgehead atoms. The fraction of sp³-hybridized carbons (Fsp3) is 0.308. The largest absolute Gasteiger partial charge is 0.378 e. The number of nitrogens with zero attached hydrogens (tertiary/aromatic N) is 3. The molecule has 2 aromatic rings. The number of morpholine rings is 1. The zero-order chi connectivity index (χ0) is 13.8. The molecule has 2 N–H and O–H groups in total. The van der Waals surface area contributed by atoms with Crippen LogP contribution < -0.4 is 5.32 Å². The lowest BCUT2D eigenvalue weighted by Gasteiger charge is -2.28. The van der Waals surface area contributed by atoms with E-state index >= 15 is 0 Å². The Morgan fingerprint density at radius 3 is 2.70 bits per heavy atom. The van der Waals surface area contributed by atoms with Crippen LogP contribution >= 0.6 is 12.2 Å². The third-order valence-electron chi connectivity index (χ3n) is 3.09. The first-order valence-electron chi connectivity index (χ1n) is 6.44. The summed E-state index contributed by atoms with van der Waals surface area (Å²) in [5.41, 5.74) is 1.62. The predicted molar refractivity (Wildman–Crippen MR) is 80.2 cm³/mol. The lowest BCUT2D eigenvalue weighted by Crippen LogP contribution is -2.40. The molecule has 0 unspecified atom stereocenters. The van der Waals surface area contributed by atoms with Crippen LogP contribution in [0.1, 0.15) is 5.69 Å². The third-order valence-corrected chi connectivity index (χ3v) is 3.54. The van der Waals surface area contributed by atoms with Crippen molar-refractivity contribution in [2.24, 2.45) is 0 Å². The van der Waals surface area contributed by atoms with Crippen molar-refractivity contribution in [3.05, 3.63) is 36.0 Å². The SMILES string of the molecule is S=C(c1n[nH]nc1Nc1ccccc1)N1CCOCC1. The summed E-state index contributed by atoms with van der Waals surface area (Å²) in [6.07, 6.45) is 0. The van der Waals surface area contributed by atoms with Crippen molar-refractivity contribution in [1.29, 1.82) is 0 Å². The first-order chi connectivity index (χ1) is 9.84. The maximum absolute atomic E-state index is 5.51. The molecular formula is C13H15N5OS. The normalized spacial score (nSPS) is 15.1. The Labute approximate surface area is 122 Å². The Morgan fingerprint density at radius 2 is 1.95 bits per heavy atom. The minimum Gasteiger partial charge on any atom is -0.378 e. The van der Waals surface area contributed by atoms with Crippen molar-refractivity contribution in [2.45, 2.75) is 0 Å². The molecule has 1 aromatic carbocycles. The molecule has 3 rings (SSSR count). The zero-order valence-electron chi connectivity index (χ0n) is 10.9. The number of hydrogen-bond acceptors (Lipinski definition) is 5. The Bertz CT molecular complexity index is 579. The number of thiocarbonyl (C=S) groups is 1. The third kappa shape index (κ3) is 2.78. The average Bonchev–Trinajstić information content (AvgIpc) is 2.96. The Balaban J connectivity index is 1.77. The van der Waals surface area contributed by atoms with Crippen LogP contribution in [-0.4, -0.2) is 51.6 Å². The van der Waals surface area contributed by atoms with Crippen molar-refractivity contribution < 1.29 is 4.74 Å². The second kappa shape index (κ2) is 5.98. The number of para-hydroxylation sites is 1. The highest BCUT2D eigenvalue weighted by Gasteiger charge is 2.20. The molecule has 0 radical (unpaired) electrons. The number of benzene rings is 1. The Morgan fingerprint density at radius 1 is 1.20 bits per heavy atom. The maximum Gasteiger partial charge on any atom is 0.183 e. The summed E-state index contributed by atoms with van der Waals surface area (Å²) in [5.74, 6) is 0.646. The molecule has 1 aliphatic rings. The van der Waals surface area contributed by atoms with E-state index < -0.39 is 0 Å². The van der Waals surface area contributed by atoms with Gasteiger partial charge in [-0.3, -0.25) is 0 Å². The minimum absolute atomic E-state index is 0.646. The molecule has 104 valence electrons. The van der Waals surface area contributed by atoms with Gasteiger partial charge in [-0.15, -0.1) is 5.10 Å². The highest BCUT2D eigenvalue weighted by molar-refractivity contribution is 7.80. The van der Waals surface area contributed by atoms with E-state index in [1.165, 1.54) is 0 Å². The Hall–Kier alpha value is -1.99. The summed E-state index contributed by atoms with van der Waals surface area (Å²) in [6.45, 7) is 2.96. The first-order valence-corrected chi connectivity index (χ1v) is 6.85. The van der Waals surface area contributed by atoms with Crippen molar-refractivity contribution in [1.82, 2.24) is 20.3 Å². The van der Waals surface area contributed by atoms with Gasteiger partial charge in [-0.1, -0.05) is 30.4 Å². The van der Waals surface area contributed by atoms with E-state index in [1.807, 2.05) is 30.3 Å². The van der Waals surface area contributed by atoms with E-state index in [1.54, 1.807) is 0 Å². The van der Waals surface area contributed by atoms with Crippen LogP contribution in [0.5, 0.6) is 0 Å². The molecule has 7 heteroatoms. The molecule has 1 aliphatic heterocycles. The molecule has 0 amide bonds. The average molecular weight is 289 g/mol. The lowest BCUT2D eigenvalue weighted by molar-refractivity contribution is 0.0692. The van der Waals surface area contributed by atoms with Gasteiger partial charge >= 0.3 is 0 Å². The fourth-order valence-corrected chi connectivity index (χ4v) is 2.37. The summed E-state index contributed by atoms with van der Waals surface area (Å²) in [7, 11) is 0. The van der Waals surface area contributed by atoms with Gasteiger partial charge in [0.2, 0.25) is 0 Å². The lowest BCUT2D eigenvalue weighted by atomic mass is 10.3. The number of H-pyrrole nitrogens is 1. The van der Waals surface area contributed by atoms with E-state index in [-0.39, 0.29) is 0 Å². The van der Waals surface area contributed by atoms with E-state index in [0.717, 1.165) is 18.8 Å². The minimum atomic E-state index is 0.646. The summed E-state index contributed by atoms with van der Waals surface area (Å²) in [5, 5.41) is 14.2. The number of anilines is 2. The van der Waals surface area contributed by atoms with Crippen LogP contribution in [0, 0.1) is 0 Å². The summed E-state index contributed by atoms with van der Waals surface area (Å²) >= 11 is 5.51. The summed E-state index contributed by atoms with van der Waals surface area (Å²) in [4.78, 5) is 2.79. The number of nitrogens with one attached hydrogen (secondary N) is 2. The van der Waals surface area contributed by atoms with E-state index in [2.05, 4.69) is 25.6 Å². The molecule has 0 spiro atoms. The monoisotopic (exact) mass is 289 g/mol. The van der Waals surface area contributed by atoms with E-state index in [4.69, 9.17) is 17.0 Å². The number of hydrogen-bond donors (Lipinski definition) is 2. The maximum atomic E-state index is 5.51. The molecular weight excluding hydrogens is 274 g/mol. The summed E-state index contributed by atoms with van der Waals surface area (Å²) in [6, 6.07) is 9.82. The van der Waals surface area contributed by atoms with Gasteiger partial charge in [0.15, 0.2) is 11.5 Å². The number of aromatic nitrogens is 3. The number of ether oxygens (including phenoxy) is 1. The van der Waals surface area contributed by atoms with Crippen LogP contribution in [0.2, 0.25) is 0 Å². The van der Waals surface area contributed by atoms with Gasteiger partial charge in [-0.2, -0.15) is 10.3 Å². The van der Waals surface area contributed by atoms with Crippen molar-refractivity contribution in [3.8, 4) is 0 Å². The molecule has 6 nitrogen and oxygen atoms in total. The quantitative estimate of drug-likeness (QED) is 0.836. The predicted octanol–water partition coefficient (Wildman–Crippen LogP) is 1.56. The molecule has 0 aliphatic carbocycles. The van der Waals surface area contributed by atoms with Crippen LogP contribution in [0.4, 0.5) is 11.5 Å². The van der Waals surface area contributed by atoms with Crippen LogP contribution in [0.15, 0.2) is 30.3 Å². The standard InChI is InChI=1S/C13H15N5OS/c20-13(18-6-8-19-9-7-18)11-12(16-17-15-11)14-10-4-2-1-3-5-10/h1-5H,6-9H2,(H2,14,15,16,17). The van der Waals surface area contributed by atoms with E-state index in [9.17, 15) is 0 Å². The molecule has 0 atom stereocenters. The second-order valence-corrected chi connectivity index (χ2v) is 4.80. The highest BCUT2D eigenvalue weighted by atomic mass is 32.1. The Kier molecular flexibility index (Phi) is 3.89. The van der Waals surface area contributed by atoms with Gasteiger partial charge in [0.1, 0.15) is 4.99 Å². The van der Waals surface area contributed by atoms with Gasteiger partial charge in [0.05, 0.1) is 13.2 Å². The second-order valence-electron chi connectivity index (χ2n) is 4.42. The first kappa shape index (κ1) is 13.0. The van der Waals surface area contributed by atoms with E-state index in [0.29, 0.717) is 29.7 Å². The van der Waals surface area contributed by atoms with Gasteiger partial charge in [0, 0.05) is 18.8 Å². The molecule has 0 saturated carbocycles. The summed E-state index contributed by atoms with van der Waals surface area (Å²) < 4.78 is 5.33. The van der Waals surface area contributed by atoms with Gasteiger partial charge in [-0.05, 0) is 12.1 Å². The van der Waals surface area contributed by atoms with Gasteiger partial charge in [0.25, 0.3) is 0 Å². The smallest absolute Gasteiger partial charge is 0.183 e. The van der Waals surface area contributed by atoms with Crippen molar-refractivity contribution in [3.63, 3.8) is 0 Å². The topological polar surface area (TPSA) is 66.1 Å². The van der Waals surface area contributed by atoms with Gasteiger partial charge in [-0.25, -0.2) is 0 Å². The molecule has 2 heterocycles. The molecule has 20 heavy (non-hydrogen) atoms. The van der Waals surface area contributed by atoms with Crippen molar-refractivity contribution in [2.75, 3.05) is 31.6 Å². The van der Waals surface area contributed by atoms with Crippen LogP contribution in [0.3, 0.4) is 0 Å². The van der Waals surface area contributed by atoms with Crippen LogP contribution in [-0.2, 0) is 4.74 Å². The molecule has 1 saturated heterocycles. The van der Waals surface area contributed by atoms with Crippen LogP contribution in [0.25, 0.3) is 0 Å². The fourth-order valence-electron chi connectivity index (χ4n) is 2.04. The number of rotatable bonds is 3. The van der Waals surface area contributed by atoms with Crippen molar-refractivity contribution >= 4 is 28.7 Å². The van der Waals surface area contributed by atoms with Gasteiger partial charge < -0.3 is 15.0 Å². The molecule has 1 fully saturated rings. The number of aromatic amines is 1.